The van der Waals surface area contributed by atoms with Crippen LogP contribution in [-0.4, -0.2) is 11.6 Å². The molecule has 4 aromatic rings. The van der Waals surface area contributed by atoms with Crippen molar-refractivity contribution in [3.8, 4) is 16.8 Å². The number of rotatable bonds is 4. The fraction of sp³-hybridized carbons (Fsp3) is 0.0909. The first-order chi connectivity index (χ1) is 13.5. The van der Waals surface area contributed by atoms with E-state index in [0.717, 1.165) is 39.1 Å². The average Bonchev–Trinajstić information content (AvgIpc) is 3.07. The van der Waals surface area contributed by atoms with Crippen molar-refractivity contribution in [3.05, 3.63) is 84.6 Å². The lowest BCUT2D eigenvalue weighted by molar-refractivity contribution is -0.137. The topological polar surface area (TPSA) is 17.0 Å². The number of nitrogens with zero attached hydrogens (tertiary/aromatic N) is 1. The van der Waals surface area contributed by atoms with Crippen LogP contribution in [-0.2, 0) is 6.18 Å². The number of halogens is 3. The molecule has 0 amide bonds. The number of benzene rings is 3. The number of hydrogen-bond acceptors (Lipinski definition) is 2. The van der Waals surface area contributed by atoms with Gasteiger partial charge in [-0.15, -0.1) is 0 Å². The van der Waals surface area contributed by atoms with E-state index in [0.29, 0.717) is 5.69 Å². The van der Waals surface area contributed by atoms with Crippen LogP contribution in [0.2, 0.25) is 0 Å². The molecule has 0 aliphatic carbocycles. The van der Waals surface area contributed by atoms with Gasteiger partial charge in [0.2, 0.25) is 0 Å². The Bertz CT molecular complexity index is 1100. The largest absolute Gasteiger partial charge is 0.416 e. The Morgan fingerprint density at radius 2 is 1.61 bits per heavy atom. The highest BCUT2D eigenvalue weighted by atomic mass is 32.2. The van der Waals surface area contributed by atoms with Crippen molar-refractivity contribution in [1.82, 2.24) is 9.29 Å². The third kappa shape index (κ3) is 3.53. The summed E-state index contributed by atoms with van der Waals surface area (Å²) in [5.74, 6) is 0. The monoisotopic (exact) mass is 398 g/mol. The van der Waals surface area contributed by atoms with E-state index in [1.807, 2.05) is 60.3 Å². The van der Waals surface area contributed by atoms with Crippen molar-refractivity contribution in [2.75, 3.05) is 7.05 Å². The minimum Gasteiger partial charge on any atom is -0.316 e. The second kappa shape index (κ2) is 7.37. The third-order valence-electron chi connectivity index (χ3n) is 4.55. The standard InChI is InChI=1S/C22H17F3N2S/c1-26-28-18-11-12-21-19(13-18)20(15-5-3-2-4-6-15)14-27(21)17-9-7-16(8-10-17)22(23,24)25/h2-14,26H,1H3. The molecule has 0 aliphatic heterocycles. The van der Waals surface area contributed by atoms with Gasteiger partial charge in [-0.05, 0) is 67.0 Å². The Labute approximate surface area is 165 Å². The predicted octanol–water partition coefficient (Wildman–Crippen LogP) is 6.54. The lowest BCUT2D eigenvalue weighted by Gasteiger charge is -2.09. The van der Waals surface area contributed by atoms with E-state index in [2.05, 4.69) is 10.8 Å². The lowest BCUT2D eigenvalue weighted by Crippen LogP contribution is -2.04. The highest BCUT2D eigenvalue weighted by molar-refractivity contribution is 7.97. The molecule has 0 atom stereocenters. The number of alkyl halides is 3. The third-order valence-corrected chi connectivity index (χ3v) is 5.25. The molecular formula is C22H17F3N2S. The SMILES string of the molecule is CNSc1ccc2c(c1)c(-c1ccccc1)cn2-c1ccc(C(F)(F)F)cc1. The summed E-state index contributed by atoms with van der Waals surface area (Å²) in [5, 5.41) is 1.05. The van der Waals surface area contributed by atoms with Gasteiger partial charge in [-0.1, -0.05) is 30.3 Å². The van der Waals surface area contributed by atoms with Crippen molar-refractivity contribution >= 4 is 22.9 Å². The van der Waals surface area contributed by atoms with Crippen molar-refractivity contribution in [1.29, 1.82) is 0 Å². The molecule has 3 aromatic carbocycles. The van der Waals surface area contributed by atoms with Gasteiger partial charge in [-0.2, -0.15) is 13.2 Å². The molecule has 1 heterocycles. The fourth-order valence-corrected chi connectivity index (χ4v) is 3.81. The molecule has 6 heteroatoms. The van der Waals surface area contributed by atoms with E-state index < -0.39 is 11.7 Å². The highest BCUT2D eigenvalue weighted by Crippen LogP contribution is 2.35. The molecule has 0 bridgehead atoms. The summed E-state index contributed by atoms with van der Waals surface area (Å²) in [4.78, 5) is 1.07. The maximum absolute atomic E-state index is 12.9. The van der Waals surface area contributed by atoms with Crippen molar-refractivity contribution in [3.63, 3.8) is 0 Å². The maximum Gasteiger partial charge on any atom is 0.416 e. The molecular weight excluding hydrogens is 381 g/mol. The molecule has 0 radical (unpaired) electrons. The first-order valence-corrected chi connectivity index (χ1v) is 9.51. The van der Waals surface area contributed by atoms with Crippen LogP contribution in [0.25, 0.3) is 27.7 Å². The van der Waals surface area contributed by atoms with Gasteiger partial charge in [-0.25, -0.2) is 0 Å². The molecule has 0 saturated carbocycles. The van der Waals surface area contributed by atoms with Crippen LogP contribution < -0.4 is 4.72 Å². The van der Waals surface area contributed by atoms with Gasteiger partial charge in [-0.3, -0.25) is 4.72 Å². The molecule has 0 unspecified atom stereocenters. The maximum atomic E-state index is 12.9. The van der Waals surface area contributed by atoms with Crippen LogP contribution in [0, 0.1) is 0 Å². The number of hydrogen-bond donors (Lipinski definition) is 1. The molecule has 28 heavy (non-hydrogen) atoms. The van der Waals surface area contributed by atoms with Crippen molar-refractivity contribution in [2.45, 2.75) is 11.1 Å². The molecule has 0 fully saturated rings. The smallest absolute Gasteiger partial charge is 0.316 e. The average molecular weight is 398 g/mol. The molecule has 4 rings (SSSR count). The first-order valence-electron chi connectivity index (χ1n) is 8.69. The van der Waals surface area contributed by atoms with Gasteiger partial charge < -0.3 is 4.57 Å². The zero-order valence-corrected chi connectivity index (χ0v) is 15.8. The number of aromatic nitrogens is 1. The van der Waals surface area contributed by atoms with E-state index in [4.69, 9.17) is 0 Å². The normalized spacial score (nSPS) is 11.9. The van der Waals surface area contributed by atoms with E-state index in [9.17, 15) is 13.2 Å². The van der Waals surface area contributed by atoms with Crippen LogP contribution >= 0.6 is 11.9 Å². The predicted molar refractivity (Wildman–Crippen MR) is 109 cm³/mol. The van der Waals surface area contributed by atoms with Gasteiger partial charge in [0.1, 0.15) is 0 Å². The molecule has 0 saturated heterocycles. The number of nitrogens with one attached hydrogen (secondary N) is 1. The minimum atomic E-state index is -4.34. The van der Waals surface area contributed by atoms with Crippen molar-refractivity contribution < 1.29 is 13.2 Å². The lowest BCUT2D eigenvalue weighted by atomic mass is 10.1. The molecule has 2 nitrogen and oxygen atoms in total. The van der Waals surface area contributed by atoms with Crippen LogP contribution in [0.15, 0.2) is 83.9 Å². The van der Waals surface area contributed by atoms with E-state index in [1.54, 1.807) is 0 Å². The minimum absolute atomic E-state index is 0.649. The first kappa shape index (κ1) is 18.7. The van der Waals surface area contributed by atoms with Gasteiger partial charge in [0, 0.05) is 27.7 Å². The molecule has 0 aliphatic rings. The van der Waals surface area contributed by atoms with Crippen LogP contribution in [0.4, 0.5) is 13.2 Å². The summed E-state index contributed by atoms with van der Waals surface area (Å²) in [6.07, 6.45) is -2.36. The summed E-state index contributed by atoms with van der Waals surface area (Å²) in [6, 6.07) is 21.3. The quantitative estimate of drug-likeness (QED) is 0.393. The van der Waals surface area contributed by atoms with Gasteiger partial charge in [0.25, 0.3) is 0 Å². The van der Waals surface area contributed by atoms with Gasteiger partial charge in [0.05, 0.1) is 11.1 Å². The highest BCUT2D eigenvalue weighted by Gasteiger charge is 2.30. The Kier molecular flexibility index (Phi) is 4.91. The summed E-state index contributed by atoms with van der Waals surface area (Å²) < 4.78 is 43.7. The van der Waals surface area contributed by atoms with Crippen molar-refractivity contribution in [2.24, 2.45) is 0 Å². The molecule has 0 spiro atoms. The Morgan fingerprint density at radius 3 is 2.25 bits per heavy atom. The van der Waals surface area contributed by atoms with Crippen LogP contribution in [0.5, 0.6) is 0 Å². The zero-order chi connectivity index (χ0) is 19.7. The number of fused-ring (bicyclic) bond motifs is 1. The second-order valence-electron chi connectivity index (χ2n) is 6.31. The van der Waals surface area contributed by atoms with E-state index in [1.165, 1.54) is 24.1 Å². The zero-order valence-electron chi connectivity index (χ0n) is 15.0. The van der Waals surface area contributed by atoms with Crippen LogP contribution in [0.3, 0.4) is 0 Å². The van der Waals surface area contributed by atoms with E-state index >= 15 is 0 Å². The van der Waals surface area contributed by atoms with Gasteiger partial charge >= 0.3 is 6.18 Å². The molecule has 1 aromatic heterocycles. The fourth-order valence-electron chi connectivity index (χ4n) is 3.26. The summed E-state index contributed by atoms with van der Waals surface area (Å²) in [6.45, 7) is 0. The Hall–Kier alpha value is -2.70. The molecule has 142 valence electrons. The van der Waals surface area contributed by atoms with Gasteiger partial charge in [0.15, 0.2) is 0 Å². The van der Waals surface area contributed by atoms with E-state index in [-0.39, 0.29) is 0 Å². The summed E-state index contributed by atoms with van der Waals surface area (Å²) in [5.41, 5.74) is 3.08. The summed E-state index contributed by atoms with van der Waals surface area (Å²) in [7, 11) is 1.86. The van der Waals surface area contributed by atoms with Crippen LogP contribution in [0.1, 0.15) is 5.56 Å². The second-order valence-corrected chi connectivity index (χ2v) is 7.39. The Balaban J connectivity index is 1.89. The molecule has 1 N–H and O–H groups in total. The summed E-state index contributed by atoms with van der Waals surface area (Å²) >= 11 is 1.52. The Morgan fingerprint density at radius 1 is 0.893 bits per heavy atom.